The standard InChI is InChI=1S/C18H17BrN2O/c1-18(2,3)17-20-14-10-6-7-11-15(14)21(17)16(22)12-8-4-5-9-13(12)19/h4-11H,1-3H3. The van der Waals surface area contributed by atoms with Crippen molar-refractivity contribution in [3.8, 4) is 0 Å². The molecule has 0 amide bonds. The molecule has 0 saturated heterocycles. The van der Waals surface area contributed by atoms with Crippen molar-refractivity contribution in [1.29, 1.82) is 0 Å². The van der Waals surface area contributed by atoms with Crippen molar-refractivity contribution in [1.82, 2.24) is 9.55 Å². The largest absolute Gasteiger partial charge is 0.268 e. The molecule has 0 aliphatic carbocycles. The van der Waals surface area contributed by atoms with Gasteiger partial charge >= 0.3 is 0 Å². The number of carbonyl (C=O) groups is 1. The highest BCUT2D eigenvalue weighted by Gasteiger charge is 2.27. The molecule has 0 N–H and O–H groups in total. The molecule has 0 atom stereocenters. The Labute approximate surface area is 138 Å². The second-order valence-electron chi connectivity index (χ2n) is 6.29. The van der Waals surface area contributed by atoms with Gasteiger partial charge in [-0.05, 0) is 40.2 Å². The quantitative estimate of drug-likeness (QED) is 0.628. The molecule has 0 fully saturated rings. The smallest absolute Gasteiger partial charge is 0.265 e. The molecule has 0 unspecified atom stereocenters. The van der Waals surface area contributed by atoms with E-state index >= 15 is 0 Å². The number of carbonyl (C=O) groups excluding carboxylic acids is 1. The Balaban J connectivity index is 2.30. The van der Waals surface area contributed by atoms with Crippen LogP contribution in [0.5, 0.6) is 0 Å². The lowest BCUT2D eigenvalue weighted by atomic mass is 9.95. The fourth-order valence-electron chi connectivity index (χ4n) is 2.49. The summed E-state index contributed by atoms with van der Waals surface area (Å²) in [4.78, 5) is 17.8. The summed E-state index contributed by atoms with van der Waals surface area (Å²) in [6, 6.07) is 15.2. The monoisotopic (exact) mass is 356 g/mol. The fourth-order valence-corrected chi connectivity index (χ4v) is 2.94. The molecule has 22 heavy (non-hydrogen) atoms. The zero-order valence-corrected chi connectivity index (χ0v) is 14.4. The first-order chi connectivity index (χ1) is 10.4. The van der Waals surface area contributed by atoms with E-state index in [0.717, 1.165) is 21.3 Å². The molecule has 0 spiro atoms. The lowest BCUT2D eigenvalue weighted by Gasteiger charge is -2.19. The van der Waals surface area contributed by atoms with Crippen LogP contribution in [0.2, 0.25) is 0 Å². The van der Waals surface area contributed by atoms with Gasteiger partial charge in [-0.1, -0.05) is 45.0 Å². The van der Waals surface area contributed by atoms with Crippen molar-refractivity contribution in [2.45, 2.75) is 26.2 Å². The van der Waals surface area contributed by atoms with Crippen LogP contribution in [-0.4, -0.2) is 15.5 Å². The SMILES string of the molecule is CC(C)(C)c1nc2ccccc2n1C(=O)c1ccccc1Br. The maximum absolute atomic E-state index is 13.1. The van der Waals surface area contributed by atoms with E-state index in [2.05, 4.69) is 41.7 Å². The van der Waals surface area contributed by atoms with Gasteiger partial charge in [0.05, 0.1) is 16.6 Å². The van der Waals surface area contributed by atoms with Crippen LogP contribution >= 0.6 is 15.9 Å². The Hall–Kier alpha value is -1.94. The third-order valence-electron chi connectivity index (χ3n) is 3.54. The molecule has 0 bridgehead atoms. The molecule has 0 radical (unpaired) electrons. The van der Waals surface area contributed by atoms with Gasteiger partial charge in [0.15, 0.2) is 0 Å². The highest BCUT2D eigenvalue weighted by Crippen LogP contribution is 2.28. The predicted molar refractivity (Wildman–Crippen MR) is 92.3 cm³/mol. The van der Waals surface area contributed by atoms with Crippen molar-refractivity contribution >= 4 is 32.9 Å². The van der Waals surface area contributed by atoms with E-state index in [4.69, 9.17) is 0 Å². The molecule has 1 heterocycles. The number of hydrogen-bond donors (Lipinski definition) is 0. The minimum Gasteiger partial charge on any atom is -0.268 e. The van der Waals surface area contributed by atoms with E-state index in [1.807, 2.05) is 48.5 Å². The van der Waals surface area contributed by atoms with Gasteiger partial charge in [-0.2, -0.15) is 0 Å². The molecule has 2 aromatic carbocycles. The van der Waals surface area contributed by atoms with Gasteiger partial charge in [-0.3, -0.25) is 9.36 Å². The normalized spacial score (nSPS) is 11.8. The first-order valence-corrected chi connectivity index (χ1v) is 7.96. The average Bonchev–Trinajstić information content (AvgIpc) is 2.86. The Morgan fingerprint density at radius 1 is 1.05 bits per heavy atom. The number of imidazole rings is 1. The van der Waals surface area contributed by atoms with Crippen molar-refractivity contribution in [3.63, 3.8) is 0 Å². The Kier molecular flexibility index (Phi) is 3.65. The third kappa shape index (κ3) is 2.48. The van der Waals surface area contributed by atoms with E-state index < -0.39 is 0 Å². The fraction of sp³-hybridized carbons (Fsp3) is 0.222. The zero-order valence-electron chi connectivity index (χ0n) is 12.8. The van der Waals surface area contributed by atoms with Crippen LogP contribution in [0, 0.1) is 0 Å². The van der Waals surface area contributed by atoms with Gasteiger partial charge in [-0.25, -0.2) is 4.98 Å². The van der Waals surface area contributed by atoms with Crippen LogP contribution < -0.4 is 0 Å². The molecule has 0 saturated carbocycles. The van der Waals surface area contributed by atoms with E-state index in [0.29, 0.717) is 5.56 Å². The number of benzene rings is 2. The molecule has 0 aliphatic heterocycles. The second-order valence-corrected chi connectivity index (χ2v) is 7.15. The van der Waals surface area contributed by atoms with Crippen LogP contribution in [-0.2, 0) is 5.41 Å². The summed E-state index contributed by atoms with van der Waals surface area (Å²) in [5.41, 5.74) is 2.09. The number of rotatable bonds is 1. The molecular weight excluding hydrogens is 340 g/mol. The van der Waals surface area contributed by atoms with Gasteiger partial charge in [0.1, 0.15) is 5.82 Å². The summed E-state index contributed by atoms with van der Waals surface area (Å²) < 4.78 is 2.52. The summed E-state index contributed by atoms with van der Waals surface area (Å²) in [6.45, 7) is 6.20. The third-order valence-corrected chi connectivity index (χ3v) is 4.23. The maximum atomic E-state index is 13.1. The Bertz CT molecular complexity index is 859. The number of halogens is 1. The van der Waals surface area contributed by atoms with Crippen LogP contribution in [0.4, 0.5) is 0 Å². The number of aromatic nitrogens is 2. The molecule has 1 aromatic heterocycles. The van der Waals surface area contributed by atoms with Crippen LogP contribution in [0.1, 0.15) is 37.0 Å². The van der Waals surface area contributed by atoms with Gasteiger partial charge < -0.3 is 0 Å². The lowest BCUT2D eigenvalue weighted by Crippen LogP contribution is -2.24. The van der Waals surface area contributed by atoms with Gasteiger partial charge in [0, 0.05) is 9.89 Å². The van der Waals surface area contributed by atoms with E-state index in [9.17, 15) is 4.79 Å². The van der Waals surface area contributed by atoms with Gasteiger partial charge in [0.2, 0.25) is 0 Å². The second kappa shape index (κ2) is 5.36. The van der Waals surface area contributed by atoms with E-state index in [-0.39, 0.29) is 11.3 Å². The van der Waals surface area contributed by atoms with Crippen LogP contribution in [0.25, 0.3) is 11.0 Å². The minimum atomic E-state index is -0.226. The van der Waals surface area contributed by atoms with Crippen LogP contribution in [0.3, 0.4) is 0 Å². The molecule has 3 aromatic rings. The molecule has 0 aliphatic rings. The van der Waals surface area contributed by atoms with Gasteiger partial charge in [-0.15, -0.1) is 0 Å². The summed E-state index contributed by atoms with van der Waals surface area (Å²) >= 11 is 3.47. The minimum absolute atomic E-state index is 0.0638. The summed E-state index contributed by atoms with van der Waals surface area (Å²) in [5.74, 6) is 0.709. The first kappa shape index (κ1) is 15.0. The van der Waals surface area contributed by atoms with Crippen molar-refractivity contribution < 1.29 is 4.79 Å². The summed E-state index contributed by atoms with van der Waals surface area (Å²) in [5, 5.41) is 0. The van der Waals surface area contributed by atoms with Crippen molar-refractivity contribution in [2.75, 3.05) is 0 Å². The topological polar surface area (TPSA) is 34.9 Å². The van der Waals surface area contributed by atoms with E-state index in [1.165, 1.54) is 0 Å². The van der Waals surface area contributed by atoms with Crippen molar-refractivity contribution in [2.24, 2.45) is 0 Å². The maximum Gasteiger partial charge on any atom is 0.265 e. The number of para-hydroxylation sites is 2. The molecule has 3 rings (SSSR count). The first-order valence-electron chi connectivity index (χ1n) is 7.17. The van der Waals surface area contributed by atoms with Crippen molar-refractivity contribution in [3.05, 3.63) is 64.4 Å². The zero-order chi connectivity index (χ0) is 15.9. The summed E-state index contributed by atoms with van der Waals surface area (Å²) in [7, 11) is 0. The summed E-state index contributed by atoms with van der Waals surface area (Å²) in [6.07, 6.45) is 0. The predicted octanol–water partition coefficient (Wildman–Crippen LogP) is 4.78. The van der Waals surface area contributed by atoms with Crippen LogP contribution in [0.15, 0.2) is 53.0 Å². The average molecular weight is 357 g/mol. The highest BCUT2D eigenvalue weighted by molar-refractivity contribution is 9.10. The lowest BCUT2D eigenvalue weighted by molar-refractivity contribution is 0.0956. The Morgan fingerprint density at radius 3 is 2.36 bits per heavy atom. The van der Waals surface area contributed by atoms with Gasteiger partial charge in [0.25, 0.3) is 5.91 Å². The molecular formula is C18H17BrN2O. The number of fused-ring (bicyclic) bond motifs is 1. The molecule has 112 valence electrons. The number of nitrogens with zero attached hydrogens (tertiary/aromatic N) is 2. The van der Waals surface area contributed by atoms with E-state index in [1.54, 1.807) is 4.57 Å². The number of hydrogen-bond acceptors (Lipinski definition) is 2. The molecule has 4 heteroatoms. The highest BCUT2D eigenvalue weighted by atomic mass is 79.9. The molecule has 3 nitrogen and oxygen atoms in total. The Morgan fingerprint density at radius 2 is 1.68 bits per heavy atom.